The number of piperidine rings is 2. The fraction of sp³-hybridized carbons (Fsp3) is 0.941. The van der Waals surface area contributed by atoms with Crippen molar-refractivity contribution in [3.8, 4) is 0 Å². The summed E-state index contributed by atoms with van der Waals surface area (Å²) in [7, 11) is 0. The van der Waals surface area contributed by atoms with Gasteiger partial charge in [-0.25, -0.2) is 0 Å². The predicted octanol–water partition coefficient (Wildman–Crippen LogP) is 2.78. The zero-order valence-corrected chi connectivity index (χ0v) is 14.7. The van der Waals surface area contributed by atoms with Crippen molar-refractivity contribution >= 4 is 5.91 Å². The summed E-state index contributed by atoms with van der Waals surface area (Å²) in [6.07, 6.45) is 0.0870. The van der Waals surface area contributed by atoms with E-state index < -0.39 is 12.6 Å². The van der Waals surface area contributed by atoms with Gasteiger partial charge in [0.25, 0.3) is 0 Å². The maximum Gasteiger partial charge on any atom is 0.390 e. The second kappa shape index (κ2) is 8.52. The van der Waals surface area contributed by atoms with Crippen LogP contribution >= 0.6 is 0 Å². The van der Waals surface area contributed by atoms with Crippen LogP contribution in [0.4, 0.5) is 13.2 Å². The molecule has 0 aliphatic carbocycles. The van der Waals surface area contributed by atoms with Gasteiger partial charge in [0.15, 0.2) is 0 Å². The Bertz CT molecular complexity index is 408. The number of halogens is 3. The number of likely N-dealkylation sites (tertiary alicyclic amines) is 2. The molecule has 0 unspecified atom stereocenters. The fourth-order valence-corrected chi connectivity index (χ4v) is 3.71. The number of hydrogen-bond donors (Lipinski definition) is 1. The molecule has 0 aromatic carbocycles. The number of nitrogens with one attached hydrogen (secondary N) is 1. The van der Waals surface area contributed by atoms with E-state index in [0.717, 1.165) is 32.2 Å². The molecule has 2 atom stereocenters. The Morgan fingerprint density at radius 1 is 1.17 bits per heavy atom. The van der Waals surface area contributed by atoms with Gasteiger partial charge in [-0.05, 0) is 59.0 Å². The van der Waals surface area contributed by atoms with E-state index in [1.807, 2.05) is 16.7 Å². The first-order valence-corrected chi connectivity index (χ1v) is 9.12. The standard InChI is InChI=1S/C17H30F3N3O/c1-13-5-3-4-9-23(13)16(24)14(2)21-15-6-10-22(11-7-15)12-8-17(18,19)20/h13-15,21H,3-12H2,1-2H3/t13-,14-/m0/s1. The van der Waals surface area contributed by atoms with Gasteiger partial charge in [0, 0.05) is 25.2 Å². The number of hydrogen-bond acceptors (Lipinski definition) is 3. The van der Waals surface area contributed by atoms with Gasteiger partial charge in [-0.2, -0.15) is 13.2 Å². The molecule has 0 aromatic rings. The molecule has 140 valence electrons. The average Bonchev–Trinajstić information content (AvgIpc) is 2.53. The zero-order chi connectivity index (χ0) is 17.7. The lowest BCUT2D eigenvalue weighted by Gasteiger charge is -2.38. The molecule has 24 heavy (non-hydrogen) atoms. The van der Waals surface area contributed by atoms with E-state index in [0.29, 0.717) is 19.1 Å². The Morgan fingerprint density at radius 2 is 1.83 bits per heavy atom. The number of rotatable bonds is 5. The van der Waals surface area contributed by atoms with Crippen LogP contribution in [0.3, 0.4) is 0 Å². The van der Waals surface area contributed by atoms with Gasteiger partial charge in [0.2, 0.25) is 5.91 Å². The normalized spacial score (nSPS) is 25.7. The maximum absolute atomic E-state index is 12.6. The molecule has 4 nitrogen and oxygen atoms in total. The zero-order valence-electron chi connectivity index (χ0n) is 14.7. The summed E-state index contributed by atoms with van der Waals surface area (Å²) in [6.45, 7) is 6.24. The van der Waals surface area contributed by atoms with Gasteiger partial charge in [-0.3, -0.25) is 4.79 Å². The first kappa shape index (κ1) is 19.5. The Kier molecular flexibility index (Phi) is 6.92. The summed E-state index contributed by atoms with van der Waals surface area (Å²) in [4.78, 5) is 16.4. The van der Waals surface area contributed by atoms with Crippen LogP contribution < -0.4 is 5.32 Å². The lowest BCUT2D eigenvalue weighted by molar-refractivity contribution is -0.139. The van der Waals surface area contributed by atoms with Crippen LogP contribution in [-0.2, 0) is 4.79 Å². The highest BCUT2D eigenvalue weighted by atomic mass is 19.4. The van der Waals surface area contributed by atoms with E-state index in [2.05, 4.69) is 12.2 Å². The highest BCUT2D eigenvalue weighted by Gasteiger charge is 2.31. The monoisotopic (exact) mass is 349 g/mol. The third-order valence-electron chi connectivity index (χ3n) is 5.24. The number of nitrogens with zero attached hydrogens (tertiary/aromatic N) is 2. The second-order valence-corrected chi connectivity index (χ2v) is 7.25. The highest BCUT2D eigenvalue weighted by molar-refractivity contribution is 5.81. The van der Waals surface area contributed by atoms with Crippen LogP contribution in [0.25, 0.3) is 0 Å². The predicted molar refractivity (Wildman–Crippen MR) is 87.8 cm³/mol. The molecule has 2 rings (SSSR count). The largest absolute Gasteiger partial charge is 0.390 e. The quantitative estimate of drug-likeness (QED) is 0.829. The molecular weight excluding hydrogens is 319 g/mol. The summed E-state index contributed by atoms with van der Waals surface area (Å²) < 4.78 is 36.8. The molecule has 1 N–H and O–H groups in total. The maximum atomic E-state index is 12.6. The van der Waals surface area contributed by atoms with E-state index in [4.69, 9.17) is 0 Å². The van der Waals surface area contributed by atoms with Crippen molar-refractivity contribution in [2.24, 2.45) is 0 Å². The molecule has 2 saturated heterocycles. The average molecular weight is 349 g/mol. The summed E-state index contributed by atoms with van der Waals surface area (Å²) in [5.74, 6) is 0.154. The number of alkyl halides is 3. The van der Waals surface area contributed by atoms with Crippen molar-refractivity contribution in [3.05, 3.63) is 0 Å². The van der Waals surface area contributed by atoms with E-state index in [-0.39, 0.29) is 24.5 Å². The van der Waals surface area contributed by atoms with Crippen LogP contribution in [0.5, 0.6) is 0 Å². The summed E-state index contributed by atoms with van der Waals surface area (Å²) in [5.41, 5.74) is 0. The minimum absolute atomic E-state index is 0.0794. The van der Waals surface area contributed by atoms with E-state index >= 15 is 0 Å². The van der Waals surface area contributed by atoms with Gasteiger partial charge in [0.1, 0.15) is 0 Å². The van der Waals surface area contributed by atoms with Crippen molar-refractivity contribution < 1.29 is 18.0 Å². The van der Waals surface area contributed by atoms with Crippen molar-refractivity contribution in [2.45, 2.75) is 76.7 Å². The van der Waals surface area contributed by atoms with Crippen molar-refractivity contribution in [1.29, 1.82) is 0 Å². The summed E-state index contributed by atoms with van der Waals surface area (Å²) >= 11 is 0. The minimum Gasteiger partial charge on any atom is -0.339 e. The SMILES string of the molecule is C[C@H](NC1CCN(CCC(F)(F)F)CC1)C(=O)N1CCCC[C@@H]1C. The van der Waals surface area contributed by atoms with Crippen LogP contribution in [0, 0.1) is 0 Å². The number of carbonyl (C=O) groups excluding carboxylic acids is 1. The van der Waals surface area contributed by atoms with Crippen LogP contribution in [0.2, 0.25) is 0 Å². The molecule has 0 aromatic heterocycles. The summed E-state index contributed by atoms with van der Waals surface area (Å²) in [6, 6.07) is 0.295. The highest BCUT2D eigenvalue weighted by Crippen LogP contribution is 2.22. The van der Waals surface area contributed by atoms with Crippen molar-refractivity contribution in [2.75, 3.05) is 26.2 Å². The molecule has 0 radical (unpaired) electrons. The Balaban J connectivity index is 1.71. The minimum atomic E-state index is -4.08. The number of carbonyl (C=O) groups is 1. The van der Waals surface area contributed by atoms with Crippen LogP contribution in [0.1, 0.15) is 52.4 Å². The van der Waals surface area contributed by atoms with Crippen molar-refractivity contribution in [1.82, 2.24) is 15.1 Å². The van der Waals surface area contributed by atoms with E-state index in [9.17, 15) is 18.0 Å². The third kappa shape index (κ3) is 5.92. The molecule has 2 aliphatic heterocycles. The van der Waals surface area contributed by atoms with Gasteiger partial charge >= 0.3 is 6.18 Å². The Labute approximate surface area is 142 Å². The van der Waals surface area contributed by atoms with Gasteiger partial charge in [-0.1, -0.05) is 0 Å². The lowest BCUT2D eigenvalue weighted by Crippen LogP contribution is -2.54. The fourth-order valence-electron chi connectivity index (χ4n) is 3.71. The number of amides is 1. The molecule has 7 heteroatoms. The van der Waals surface area contributed by atoms with Crippen LogP contribution in [0.15, 0.2) is 0 Å². The van der Waals surface area contributed by atoms with Gasteiger partial charge in [-0.15, -0.1) is 0 Å². The molecule has 0 saturated carbocycles. The van der Waals surface area contributed by atoms with Gasteiger partial charge in [0.05, 0.1) is 12.5 Å². The molecule has 2 heterocycles. The first-order chi connectivity index (χ1) is 11.3. The lowest BCUT2D eigenvalue weighted by atomic mass is 10.0. The topological polar surface area (TPSA) is 35.6 Å². The Morgan fingerprint density at radius 3 is 2.42 bits per heavy atom. The molecule has 2 aliphatic rings. The molecule has 0 spiro atoms. The smallest absolute Gasteiger partial charge is 0.339 e. The molecular formula is C17H30F3N3O. The van der Waals surface area contributed by atoms with Crippen LogP contribution in [-0.4, -0.2) is 66.2 Å². The molecule has 0 bridgehead atoms. The van der Waals surface area contributed by atoms with Crippen molar-refractivity contribution in [3.63, 3.8) is 0 Å². The first-order valence-electron chi connectivity index (χ1n) is 9.12. The van der Waals surface area contributed by atoms with Gasteiger partial charge < -0.3 is 15.1 Å². The molecule has 2 fully saturated rings. The second-order valence-electron chi connectivity index (χ2n) is 7.25. The molecule has 1 amide bonds. The third-order valence-corrected chi connectivity index (χ3v) is 5.24. The van der Waals surface area contributed by atoms with E-state index in [1.165, 1.54) is 6.42 Å². The van der Waals surface area contributed by atoms with E-state index in [1.54, 1.807) is 0 Å². The Hall–Kier alpha value is -0.820. The summed E-state index contributed by atoms with van der Waals surface area (Å²) in [5, 5.41) is 3.39.